The van der Waals surface area contributed by atoms with Gasteiger partial charge in [-0.15, -0.1) is 0 Å². The Bertz CT molecular complexity index is 575. The number of nitrogens with one attached hydrogen (secondary N) is 1. The molecule has 1 heterocycles. The van der Waals surface area contributed by atoms with Crippen molar-refractivity contribution >= 4 is 0 Å². The molecule has 0 atom stereocenters. The Morgan fingerprint density at radius 3 is 2.80 bits per heavy atom. The smallest absolute Gasteiger partial charge is 0.130 e. The molecule has 0 saturated heterocycles. The largest absolute Gasteiger partial charge is 0.487 e. The first-order valence-electron chi connectivity index (χ1n) is 7.03. The van der Waals surface area contributed by atoms with Crippen molar-refractivity contribution in [3.05, 3.63) is 46.8 Å². The molecule has 0 amide bonds. The van der Waals surface area contributed by atoms with Gasteiger partial charge in [0.25, 0.3) is 0 Å². The van der Waals surface area contributed by atoms with Crippen molar-refractivity contribution in [2.75, 3.05) is 7.05 Å². The predicted molar refractivity (Wildman–Crippen MR) is 80.9 cm³/mol. The molecule has 20 heavy (non-hydrogen) atoms. The lowest BCUT2D eigenvalue weighted by atomic mass is 10.1. The predicted octanol–water partition coefficient (Wildman–Crippen LogP) is 2.59. The second-order valence-corrected chi connectivity index (χ2v) is 4.99. The van der Waals surface area contributed by atoms with Crippen LogP contribution in [0, 0.1) is 6.92 Å². The van der Waals surface area contributed by atoms with Gasteiger partial charge in [0.05, 0.1) is 11.4 Å². The van der Waals surface area contributed by atoms with Crippen LogP contribution >= 0.6 is 0 Å². The Morgan fingerprint density at radius 2 is 2.15 bits per heavy atom. The molecule has 0 aliphatic heterocycles. The minimum atomic E-state index is 0.547. The van der Waals surface area contributed by atoms with E-state index in [0.29, 0.717) is 6.61 Å². The molecular formula is C16H23N3O. The zero-order valence-corrected chi connectivity index (χ0v) is 12.7. The summed E-state index contributed by atoms with van der Waals surface area (Å²) in [5, 5.41) is 7.62. The fourth-order valence-electron chi connectivity index (χ4n) is 2.27. The van der Waals surface area contributed by atoms with Crippen molar-refractivity contribution in [3.63, 3.8) is 0 Å². The molecule has 1 N–H and O–H groups in total. The summed E-state index contributed by atoms with van der Waals surface area (Å²) in [4.78, 5) is 0. The number of hydrogen-bond donors (Lipinski definition) is 1. The van der Waals surface area contributed by atoms with Gasteiger partial charge in [-0.05, 0) is 32.0 Å². The minimum Gasteiger partial charge on any atom is -0.487 e. The molecule has 0 spiro atoms. The fraction of sp³-hybridized carbons (Fsp3) is 0.438. The van der Waals surface area contributed by atoms with Gasteiger partial charge >= 0.3 is 0 Å². The monoisotopic (exact) mass is 273 g/mol. The van der Waals surface area contributed by atoms with Crippen LogP contribution in [-0.4, -0.2) is 16.8 Å². The Labute approximate surface area is 120 Å². The molecule has 2 aromatic rings. The molecule has 0 saturated carbocycles. The van der Waals surface area contributed by atoms with Gasteiger partial charge in [0.1, 0.15) is 12.4 Å². The van der Waals surface area contributed by atoms with Crippen molar-refractivity contribution < 1.29 is 4.74 Å². The van der Waals surface area contributed by atoms with E-state index < -0.39 is 0 Å². The molecule has 4 heteroatoms. The second kappa shape index (κ2) is 6.57. The van der Waals surface area contributed by atoms with Gasteiger partial charge in [-0.2, -0.15) is 5.10 Å². The van der Waals surface area contributed by atoms with Crippen LogP contribution < -0.4 is 10.1 Å². The van der Waals surface area contributed by atoms with Crippen molar-refractivity contribution in [3.8, 4) is 5.75 Å². The van der Waals surface area contributed by atoms with Gasteiger partial charge in [0.15, 0.2) is 0 Å². The SMILES string of the molecule is CCc1cc(COc2c(C)cccc2CNC)n(C)n1. The number of ether oxygens (including phenoxy) is 1. The van der Waals surface area contributed by atoms with E-state index in [2.05, 4.69) is 48.5 Å². The zero-order chi connectivity index (χ0) is 14.5. The van der Waals surface area contributed by atoms with Crippen LogP contribution in [0.1, 0.15) is 29.4 Å². The molecule has 0 aliphatic rings. The second-order valence-electron chi connectivity index (χ2n) is 4.99. The third-order valence-corrected chi connectivity index (χ3v) is 3.41. The number of rotatable bonds is 6. The molecule has 1 aromatic heterocycles. The number of benzene rings is 1. The Morgan fingerprint density at radius 1 is 1.35 bits per heavy atom. The van der Waals surface area contributed by atoms with Gasteiger partial charge in [-0.3, -0.25) is 4.68 Å². The van der Waals surface area contributed by atoms with E-state index >= 15 is 0 Å². The first-order chi connectivity index (χ1) is 9.65. The van der Waals surface area contributed by atoms with E-state index in [0.717, 1.165) is 35.7 Å². The third kappa shape index (κ3) is 3.20. The number of aryl methyl sites for hydroxylation is 3. The molecule has 0 radical (unpaired) electrons. The summed E-state index contributed by atoms with van der Waals surface area (Å²) in [5.41, 5.74) is 4.55. The van der Waals surface area contributed by atoms with Crippen LogP contribution in [0.25, 0.3) is 0 Å². The van der Waals surface area contributed by atoms with E-state index in [-0.39, 0.29) is 0 Å². The van der Waals surface area contributed by atoms with E-state index in [1.165, 1.54) is 5.56 Å². The zero-order valence-electron chi connectivity index (χ0n) is 12.7. The first-order valence-corrected chi connectivity index (χ1v) is 7.03. The highest BCUT2D eigenvalue weighted by Gasteiger charge is 2.09. The fourth-order valence-corrected chi connectivity index (χ4v) is 2.27. The topological polar surface area (TPSA) is 39.1 Å². The van der Waals surface area contributed by atoms with Crippen LogP contribution in [-0.2, 0) is 26.6 Å². The summed E-state index contributed by atoms with van der Waals surface area (Å²) in [6.45, 7) is 5.54. The maximum Gasteiger partial charge on any atom is 0.130 e. The highest BCUT2D eigenvalue weighted by Crippen LogP contribution is 2.24. The van der Waals surface area contributed by atoms with Gasteiger partial charge in [-0.1, -0.05) is 25.1 Å². The molecule has 4 nitrogen and oxygen atoms in total. The molecule has 108 valence electrons. The Kier molecular flexibility index (Phi) is 4.79. The number of nitrogens with zero attached hydrogens (tertiary/aromatic N) is 2. The van der Waals surface area contributed by atoms with Crippen molar-refractivity contribution in [1.82, 2.24) is 15.1 Å². The lowest BCUT2D eigenvalue weighted by molar-refractivity contribution is 0.289. The van der Waals surface area contributed by atoms with E-state index in [1.807, 2.05) is 18.8 Å². The molecule has 0 fully saturated rings. The number of aromatic nitrogens is 2. The molecule has 0 bridgehead atoms. The maximum atomic E-state index is 6.04. The third-order valence-electron chi connectivity index (χ3n) is 3.41. The van der Waals surface area contributed by atoms with Gasteiger partial charge < -0.3 is 10.1 Å². The Hall–Kier alpha value is -1.81. The lowest BCUT2D eigenvalue weighted by Gasteiger charge is -2.14. The molecule has 1 aromatic carbocycles. The summed E-state index contributed by atoms with van der Waals surface area (Å²) in [6, 6.07) is 8.35. The van der Waals surface area contributed by atoms with Crippen molar-refractivity contribution in [2.45, 2.75) is 33.4 Å². The van der Waals surface area contributed by atoms with Crippen LogP contribution in [0.3, 0.4) is 0 Å². The summed E-state index contributed by atoms with van der Waals surface area (Å²) >= 11 is 0. The van der Waals surface area contributed by atoms with E-state index in [4.69, 9.17) is 4.74 Å². The van der Waals surface area contributed by atoms with E-state index in [1.54, 1.807) is 0 Å². The van der Waals surface area contributed by atoms with Crippen molar-refractivity contribution in [2.24, 2.45) is 7.05 Å². The number of para-hydroxylation sites is 1. The van der Waals surface area contributed by atoms with E-state index in [9.17, 15) is 0 Å². The summed E-state index contributed by atoms with van der Waals surface area (Å²) in [5.74, 6) is 0.973. The highest BCUT2D eigenvalue weighted by molar-refractivity contribution is 5.40. The van der Waals surface area contributed by atoms with Crippen LogP contribution in [0.2, 0.25) is 0 Å². The van der Waals surface area contributed by atoms with Gasteiger partial charge in [0, 0.05) is 19.2 Å². The first kappa shape index (κ1) is 14.6. The molecule has 2 rings (SSSR count). The van der Waals surface area contributed by atoms with Crippen molar-refractivity contribution in [1.29, 1.82) is 0 Å². The summed E-state index contributed by atoms with van der Waals surface area (Å²) < 4.78 is 7.94. The standard InChI is InChI=1S/C16H23N3O/c1-5-14-9-15(19(4)18-14)11-20-16-12(2)7-6-8-13(16)10-17-3/h6-9,17H,5,10-11H2,1-4H3. The van der Waals surface area contributed by atoms with Crippen LogP contribution in [0.5, 0.6) is 5.75 Å². The van der Waals surface area contributed by atoms with Crippen LogP contribution in [0.4, 0.5) is 0 Å². The minimum absolute atomic E-state index is 0.547. The van der Waals surface area contributed by atoms with Gasteiger partial charge in [0.2, 0.25) is 0 Å². The van der Waals surface area contributed by atoms with Crippen LogP contribution in [0.15, 0.2) is 24.3 Å². The normalized spacial score (nSPS) is 10.8. The maximum absolute atomic E-state index is 6.04. The molecule has 0 aliphatic carbocycles. The summed E-state index contributed by atoms with van der Waals surface area (Å²) in [7, 11) is 3.91. The summed E-state index contributed by atoms with van der Waals surface area (Å²) in [6.07, 6.45) is 0.948. The highest BCUT2D eigenvalue weighted by atomic mass is 16.5. The van der Waals surface area contributed by atoms with Gasteiger partial charge in [-0.25, -0.2) is 0 Å². The number of hydrogen-bond acceptors (Lipinski definition) is 3. The average Bonchev–Trinajstić information content (AvgIpc) is 2.79. The lowest BCUT2D eigenvalue weighted by Crippen LogP contribution is -2.09. The quantitative estimate of drug-likeness (QED) is 0.879. The Balaban J connectivity index is 2.15. The average molecular weight is 273 g/mol. The molecule has 0 unspecified atom stereocenters. The molecular weight excluding hydrogens is 250 g/mol.